The van der Waals surface area contributed by atoms with Crippen molar-refractivity contribution in [1.82, 2.24) is 15.0 Å². The van der Waals surface area contributed by atoms with Gasteiger partial charge in [0, 0.05) is 13.6 Å². The van der Waals surface area contributed by atoms with Gasteiger partial charge in [0.15, 0.2) is 11.5 Å². The Morgan fingerprint density at radius 2 is 1.96 bits per heavy atom. The molecule has 138 valence electrons. The number of hydrogen-bond donors (Lipinski definition) is 2. The van der Waals surface area contributed by atoms with E-state index in [1.54, 1.807) is 12.1 Å². The minimum absolute atomic E-state index is 0.0259. The number of anilines is 2. The summed E-state index contributed by atoms with van der Waals surface area (Å²) < 4.78 is 5.16. The Kier molecular flexibility index (Phi) is 5.31. The maximum Gasteiger partial charge on any atom is 0.230 e. The number of nitrogen functional groups attached to an aromatic ring is 1. The molecule has 4 N–H and O–H groups in total. The van der Waals surface area contributed by atoms with Crippen molar-refractivity contribution in [3.8, 4) is 0 Å². The van der Waals surface area contributed by atoms with Gasteiger partial charge >= 0.3 is 0 Å². The first-order chi connectivity index (χ1) is 13.0. The summed E-state index contributed by atoms with van der Waals surface area (Å²) in [6.45, 7) is 4.30. The fraction of sp³-hybridized carbons (Fsp3) is 0.111. The Balaban J connectivity index is 1.75. The highest BCUT2D eigenvalue weighted by molar-refractivity contribution is 5.94. The van der Waals surface area contributed by atoms with E-state index >= 15 is 0 Å². The molecule has 27 heavy (non-hydrogen) atoms. The van der Waals surface area contributed by atoms with Crippen LogP contribution in [0.3, 0.4) is 0 Å². The number of amidine groups is 1. The van der Waals surface area contributed by atoms with Crippen LogP contribution >= 0.6 is 0 Å². The summed E-state index contributed by atoms with van der Waals surface area (Å²) in [5.74, 6) is 1.06. The SMILES string of the molecule is C=C(O/N=C(\N)c1nc(N)nc(N(C)Cc2ccccc2)n1)c1ccco1. The number of aromatic nitrogens is 3. The molecule has 2 heterocycles. The van der Waals surface area contributed by atoms with Crippen molar-refractivity contribution < 1.29 is 9.25 Å². The topological polar surface area (TPSA) is 129 Å². The Hall–Kier alpha value is -3.88. The van der Waals surface area contributed by atoms with Crippen LogP contribution in [0.4, 0.5) is 11.9 Å². The highest BCUT2D eigenvalue weighted by Crippen LogP contribution is 2.15. The average molecular weight is 365 g/mol. The van der Waals surface area contributed by atoms with Crippen molar-refractivity contribution in [3.05, 3.63) is 72.5 Å². The van der Waals surface area contributed by atoms with Crippen LogP contribution in [0.5, 0.6) is 0 Å². The molecular weight excluding hydrogens is 346 g/mol. The first-order valence-corrected chi connectivity index (χ1v) is 8.03. The van der Waals surface area contributed by atoms with Gasteiger partial charge in [-0.2, -0.15) is 15.0 Å². The second-order valence-corrected chi connectivity index (χ2v) is 5.63. The highest BCUT2D eigenvalue weighted by Gasteiger charge is 2.13. The normalized spacial score (nSPS) is 11.2. The number of furan rings is 1. The lowest BCUT2D eigenvalue weighted by Gasteiger charge is -2.17. The largest absolute Gasteiger partial charge is 0.461 e. The molecule has 0 fully saturated rings. The van der Waals surface area contributed by atoms with Crippen LogP contribution in [-0.4, -0.2) is 27.8 Å². The van der Waals surface area contributed by atoms with Gasteiger partial charge in [0.25, 0.3) is 0 Å². The van der Waals surface area contributed by atoms with Crippen LogP contribution < -0.4 is 16.4 Å². The monoisotopic (exact) mass is 365 g/mol. The Morgan fingerprint density at radius 3 is 2.67 bits per heavy atom. The van der Waals surface area contributed by atoms with Crippen molar-refractivity contribution in [2.75, 3.05) is 17.7 Å². The van der Waals surface area contributed by atoms with E-state index in [1.165, 1.54) is 6.26 Å². The van der Waals surface area contributed by atoms with E-state index < -0.39 is 0 Å². The van der Waals surface area contributed by atoms with Gasteiger partial charge in [0.1, 0.15) is 0 Å². The molecule has 1 aromatic carbocycles. The molecule has 3 aromatic rings. The number of rotatable bonds is 7. The third kappa shape index (κ3) is 4.60. The molecule has 0 radical (unpaired) electrons. The van der Waals surface area contributed by atoms with Gasteiger partial charge in [-0.3, -0.25) is 0 Å². The quantitative estimate of drug-likeness (QED) is 0.281. The lowest BCUT2D eigenvalue weighted by molar-refractivity contribution is 0.287. The van der Waals surface area contributed by atoms with Crippen LogP contribution in [0.1, 0.15) is 17.1 Å². The molecule has 0 aliphatic heterocycles. The minimum Gasteiger partial charge on any atom is -0.461 e. The second-order valence-electron chi connectivity index (χ2n) is 5.63. The van der Waals surface area contributed by atoms with Gasteiger partial charge in [-0.25, -0.2) is 0 Å². The minimum atomic E-state index is -0.0637. The molecule has 0 unspecified atom stereocenters. The number of oxime groups is 1. The van der Waals surface area contributed by atoms with E-state index in [-0.39, 0.29) is 23.4 Å². The number of nitrogens with zero attached hydrogens (tertiary/aromatic N) is 5. The molecule has 0 aliphatic rings. The van der Waals surface area contributed by atoms with Crippen molar-refractivity contribution in [2.24, 2.45) is 10.9 Å². The molecule has 0 amide bonds. The molecule has 3 rings (SSSR count). The van der Waals surface area contributed by atoms with Crippen molar-refractivity contribution in [2.45, 2.75) is 6.54 Å². The van der Waals surface area contributed by atoms with Crippen LogP contribution in [0.2, 0.25) is 0 Å². The summed E-state index contributed by atoms with van der Waals surface area (Å²) in [4.78, 5) is 19.4. The molecule has 0 spiro atoms. The van der Waals surface area contributed by atoms with Crippen LogP contribution in [0.25, 0.3) is 5.76 Å². The molecular formula is C18H19N7O2. The first-order valence-electron chi connectivity index (χ1n) is 8.03. The molecule has 0 saturated carbocycles. The molecule has 2 aromatic heterocycles. The van der Waals surface area contributed by atoms with E-state index in [2.05, 4.69) is 26.7 Å². The van der Waals surface area contributed by atoms with Crippen molar-refractivity contribution in [3.63, 3.8) is 0 Å². The summed E-state index contributed by atoms with van der Waals surface area (Å²) in [5.41, 5.74) is 12.8. The first kappa shape index (κ1) is 17.9. The van der Waals surface area contributed by atoms with Crippen LogP contribution in [-0.2, 0) is 11.4 Å². The zero-order valence-corrected chi connectivity index (χ0v) is 14.7. The fourth-order valence-electron chi connectivity index (χ4n) is 2.22. The summed E-state index contributed by atoms with van der Waals surface area (Å²) in [7, 11) is 1.84. The Bertz CT molecular complexity index is 940. The maximum absolute atomic E-state index is 5.91. The fourth-order valence-corrected chi connectivity index (χ4v) is 2.22. The number of nitrogens with two attached hydrogens (primary N) is 2. The van der Waals surface area contributed by atoms with E-state index in [9.17, 15) is 0 Å². The van der Waals surface area contributed by atoms with Gasteiger partial charge in [-0.05, 0) is 24.3 Å². The van der Waals surface area contributed by atoms with Crippen LogP contribution in [0.15, 0.2) is 64.9 Å². The molecule has 0 bridgehead atoms. The Labute approximate surface area is 156 Å². The van der Waals surface area contributed by atoms with Gasteiger partial charge in [0.05, 0.1) is 6.26 Å². The zero-order valence-electron chi connectivity index (χ0n) is 14.7. The molecule has 0 saturated heterocycles. The van der Waals surface area contributed by atoms with Gasteiger partial charge in [0.2, 0.25) is 23.6 Å². The lowest BCUT2D eigenvalue weighted by atomic mass is 10.2. The summed E-state index contributed by atoms with van der Waals surface area (Å²) in [6.07, 6.45) is 1.50. The smallest absolute Gasteiger partial charge is 0.230 e. The molecule has 9 heteroatoms. The predicted octanol–water partition coefficient (Wildman–Crippen LogP) is 1.99. The van der Waals surface area contributed by atoms with E-state index in [1.807, 2.05) is 42.3 Å². The third-order valence-corrected chi connectivity index (χ3v) is 3.52. The van der Waals surface area contributed by atoms with Crippen molar-refractivity contribution >= 4 is 23.5 Å². The molecule has 0 atom stereocenters. The number of benzene rings is 1. The standard InChI is InChI=1S/C18H19N7O2/c1-12(14-9-6-10-26-14)27-24-15(19)16-21-17(20)23-18(22-16)25(2)11-13-7-4-3-5-8-13/h3-10H,1,11H2,2H3,(H2,19,24)(H2,20,21,22,23). The summed E-state index contributed by atoms with van der Waals surface area (Å²) >= 11 is 0. The van der Waals surface area contributed by atoms with Gasteiger partial charge in [-0.15, -0.1) is 0 Å². The molecule has 9 nitrogen and oxygen atoms in total. The highest BCUT2D eigenvalue weighted by atomic mass is 16.6. The molecule has 0 aliphatic carbocycles. The Morgan fingerprint density at radius 1 is 1.19 bits per heavy atom. The van der Waals surface area contributed by atoms with Crippen molar-refractivity contribution in [1.29, 1.82) is 0 Å². The van der Waals surface area contributed by atoms with E-state index in [0.29, 0.717) is 18.3 Å². The lowest BCUT2D eigenvalue weighted by Crippen LogP contribution is -2.24. The predicted molar refractivity (Wildman–Crippen MR) is 102 cm³/mol. The second kappa shape index (κ2) is 8.00. The van der Waals surface area contributed by atoms with Crippen LogP contribution in [0, 0.1) is 0 Å². The zero-order chi connectivity index (χ0) is 19.2. The summed E-state index contributed by atoms with van der Waals surface area (Å²) in [5, 5.41) is 3.78. The number of hydrogen-bond acceptors (Lipinski definition) is 8. The van der Waals surface area contributed by atoms with E-state index in [0.717, 1.165) is 5.56 Å². The summed E-state index contributed by atoms with van der Waals surface area (Å²) in [6, 6.07) is 13.3. The van der Waals surface area contributed by atoms with E-state index in [4.69, 9.17) is 20.7 Å². The third-order valence-electron chi connectivity index (χ3n) is 3.52. The average Bonchev–Trinajstić information content (AvgIpc) is 3.21. The van der Waals surface area contributed by atoms with Gasteiger partial charge in [-0.1, -0.05) is 35.5 Å². The maximum atomic E-state index is 5.91. The van der Waals surface area contributed by atoms with Gasteiger partial charge < -0.3 is 25.6 Å².